The normalized spacial score (nSPS) is 15.7. The molecule has 2 rings (SSSR count). The Kier molecular flexibility index (Phi) is 6.02. The van der Waals surface area contributed by atoms with Crippen molar-refractivity contribution in [3.05, 3.63) is 23.8 Å². The molecule has 1 aromatic carbocycles. The maximum absolute atomic E-state index is 11.2. The Labute approximate surface area is 126 Å². The Morgan fingerprint density at radius 1 is 1.38 bits per heavy atom. The summed E-state index contributed by atoms with van der Waals surface area (Å²) in [6.45, 7) is 9.49. The highest BCUT2D eigenvalue weighted by Crippen LogP contribution is 2.26. The minimum absolute atomic E-state index is 0.0791. The van der Waals surface area contributed by atoms with E-state index in [1.165, 1.54) is 12.5 Å². The summed E-state index contributed by atoms with van der Waals surface area (Å²) in [5.74, 6) is 0.676. The molecular weight excluding hydrogens is 266 g/mol. The van der Waals surface area contributed by atoms with Crippen LogP contribution in [0.25, 0.3) is 0 Å². The van der Waals surface area contributed by atoms with E-state index in [2.05, 4.69) is 21.6 Å². The van der Waals surface area contributed by atoms with Crippen molar-refractivity contribution in [1.82, 2.24) is 10.2 Å². The van der Waals surface area contributed by atoms with Gasteiger partial charge < -0.3 is 20.3 Å². The first-order valence-corrected chi connectivity index (χ1v) is 7.65. The van der Waals surface area contributed by atoms with E-state index < -0.39 is 0 Å². The number of amides is 1. The fraction of sp³-hybridized carbons (Fsp3) is 0.562. The van der Waals surface area contributed by atoms with Crippen LogP contribution in [-0.4, -0.2) is 50.1 Å². The van der Waals surface area contributed by atoms with Crippen molar-refractivity contribution in [3.63, 3.8) is 0 Å². The molecule has 0 saturated carbocycles. The van der Waals surface area contributed by atoms with Crippen LogP contribution in [0.1, 0.15) is 19.4 Å². The number of nitrogens with one attached hydrogen (secondary N) is 2. The summed E-state index contributed by atoms with van der Waals surface area (Å²) in [5, 5.41) is 6.17. The molecule has 2 N–H and O–H groups in total. The minimum atomic E-state index is -0.0791. The first-order valence-electron chi connectivity index (χ1n) is 7.65. The standard InChI is InChI=1S/C16H25N3O2/c1-3-21-16-12-14(4-5-15(16)18-13(2)20)6-9-19-10-7-17-8-11-19/h4-5,12,17H,3,6-11H2,1-2H3,(H,18,20). The molecule has 1 fully saturated rings. The molecule has 21 heavy (non-hydrogen) atoms. The summed E-state index contributed by atoms with van der Waals surface area (Å²) in [6, 6.07) is 6.03. The summed E-state index contributed by atoms with van der Waals surface area (Å²) in [4.78, 5) is 13.7. The zero-order valence-electron chi connectivity index (χ0n) is 12.9. The maximum atomic E-state index is 11.2. The Morgan fingerprint density at radius 2 is 2.14 bits per heavy atom. The van der Waals surface area contributed by atoms with Gasteiger partial charge in [0.15, 0.2) is 0 Å². The SMILES string of the molecule is CCOc1cc(CCN2CCNCC2)ccc1NC(C)=O. The van der Waals surface area contributed by atoms with Gasteiger partial charge in [-0.1, -0.05) is 6.07 Å². The van der Waals surface area contributed by atoms with Crippen LogP contribution in [0.2, 0.25) is 0 Å². The predicted molar refractivity (Wildman–Crippen MR) is 84.9 cm³/mol. The molecular formula is C16H25N3O2. The number of ether oxygens (including phenoxy) is 1. The second kappa shape index (κ2) is 8.00. The van der Waals surface area contributed by atoms with E-state index in [9.17, 15) is 4.79 Å². The zero-order chi connectivity index (χ0) is 15.1. The molecule has 116 valence electrons. The molecule has 0 aliphatic carbocycles. The number of carbonyl (C=O) groups excluding carboxylic acids is 1. The molecule has 0 radical (unpaired) electrons. The fourth-order valence-corrected chi connectivity index (χ4v) is 2.51. The van der Waals surface area contributed by atoms with Crippen molar-refractivity contribution in [2.24, 2.45) is 0 Å². The minimum Gasteiger partial charge on any atom is -0.492 e. The zero-order valence-corrected chi connectivity index (χ0v) is 12.9. The first-order chi connectivity index (χ1) is 10.2. The van der Waals surface area contributed by atoms with Gasteiger partial charge in [0.2, 0.25) is 5.91 Å². The van der Waals surface area contributed by atoms with Gasteiger partial charge in [-0.3, -0.25) is 4.79 Å². The molecule has 1 aliphatic heterocycles. The van der Waals surface area contributed by atoms with Crippen LogP contribution in [0.5, 0.6) is 5.75 Å². The van der Waals surface area contributed by atoms with Crippen molar-refractivity contribution < 1.29 is 9.53 Å². The smallest absolute Gasteiger partial charge is 0.221 e. The van der Waals surface area contributed by atoms with Gasteiger partial charge >= 0.3 is 0 Å². The number of nitrogens with zero attached hydrogens (tertiary/aromatic N) is 1. The number of hydrogen-bond donors (Lipinski definition) is 2. The predicted octanol–water partition coefficient (Wildman–Crippen LogP) is 1.49. The monoisotopic (exact) mass is 291 g/mol. The van der Waals surface area contributed by atoms with Crippen molar-refractivity contribution in [2.75, 3.05) is 44.6 Å². The highest BCUT2D eigenvalue weighted by molar-refractivity contribution is 5.90. The number of piperazine rings is 1. The van der Waals surface area contributed by atoms with E-state index in [0.717, 1.165) is 50.6 Å². The Hall–Kier alpha value is -1.59. The van der Waals surface area contributed by atoms with Gasteiger partial charge in [-0.25, -0.2) is 0 Å². The van der Waals surface area contributed by atoms with Crippen molar-refractivity contribution in [1.29, 1.82) is 0 Å². The third-order valence-corrected chi connectivity index (χ3v) is 3.58. The van der Waals surface area contributed by atoms with Gasteiger partial charge in [-0.05, 0) is 31.0 Å². The van der Waals surface area contributed by atoms with E-state index in [1.54, 1.807) is 0 Å². The topological polar surface area (TPSA) is 53.6 Å². The Bertz CT molecular complexity index is 471. The molecule has 1 amide bonds. The van der Waals surface area contributed by atoms with Gasteiger partial charge in [0.05, 0.1) is 12.3 Å². The van der Waals surface area contributed by atoms with Gasteiger partial charge in [-0.15, -0.1) is 0 Å². The summed E-state index contributed by atoms with van der Waals surface area (Å²) < 4.78 is 5.63. The summed E-state index contributed by atoms with van der Waals surface area (Å²) in [7, 11) is 0. The highest BCUT2D eigenvalue weighted by atomic mass is 16.5. The maximum Gasteiger partial charge on any atom is 0.221 e. The molecule has 5 nitrogen and oxygen atoms in total. The van der Waals surface area contributed by atoms with Gasteiger partial charge in [0.25, 0.3) is 0 Å². The largest absolute Gasteiger partial charge is 0.492 e. The highest BCUT2D eigenvalue weighted by Gasteiger charge is 2.11. The second-order valence-electron chi connectivity index (χ2n) is 5.29. The lowest BCUT2D eigenvalue weighted by molar-refractivity contribution is -0.114. The van der Waals surface area contributed by atoms with Crippen LogP contribution in [0.3, 0.4) is 0 Å². The lowest BCUT2D eigenvalue weighted by Crippen LogP contribution is -2.44. The fourth-order valence-electron chi connectivity index (χ4n) is 2.51. The first kappa shape index (κ1) is 15.8. The third-order valence-electron chi connectivity index (χ3n) is 3.58. The van der Waals surface area contributed by atoms with Crippen LogP contribution in [0.15, 0.2) is 18.2 Å². The molecule has 1 aromatic rings. The molecule has 0 aromatic heterocycles. The summed E-state index contributed by atoms with van der Waals surface area (Å²) >= 11 is 0. The van der Waals surface area contributed by atoms with Gasteiger partial charge in [0, 0.05) is 39.6 Å². The number of benzene rings is 1. The number of carbonyl (C=O) groups is 1. The van der Waals surface area contributed by atoms with Crippen molar-refractivity contribution in [2.45, 2.75) is 20.3 Å². The van der Waals surface area contributed by atoms with Crippen LogP contribution >= 0.6 is 0 Å². The third kappa shape index (κ3) is 5.02. The van der Waals surface area contributed by atoms with Crippen LogP contribution < -0.4 is 15.4 Å². The van der Waals surface area contributed by atoms with Crippen LogP contribution in [0.4, 0.5) is 5.69 Å². The Morgan fingerprint density at radius 3 is 2.81 bits per heavy atom. The molecule has 0 atom stereocenters. The molecule has 0 unspecified atom stereocenters. The van der Waals surface area contributed by atoms with Crippen LogP contribution in [-0.2, 0) is 11.2 Å². The average Bonchev–Trinajstić information content (AvgIpc) is 2.48. The van der Waals surface area contributed by atoms with E-state index in [1.807, 2.05) is 19.1 Å². The number of anilines is 1. The van der Waals surface area contributed by atoms with E-state index >= 15 is 0 Å². The lowest BCUT2D eigenvalue weighted by Gasteiger charge is -2.27. The molecule has 0 bridgehead atoms. The molecule has 1 saturated heterocycles. The molecule has 1 aliphatic rings. The van der Waals surface area contributed by atoms with Crippen molar-refractivity contribution in [3.8, 4) is 5.75 Å². The number of rotatable bonds is 6. The van der Waals surface area contributed by atoms with Gasteiger partial charge in [0.1, 0.15) is 5.75 Å². The number of hydrogen-bond acceptors (Lipinski definition) is 4. The average molecular weight is 291 g/mol. The Balaban J connectivity index is 1.98. The second-order valence-corrected chi connectivity index (χ2v) is 5.29. The molecule has 0 spiro atoms. The van der Waals surface area contributed by atoms with Gasteiger partial charge in [-0.2, -0.15) is 0 Å². The summed E-state index contributed by atoms with van der Waals surface area (Å²) in [6.07, 6.45) is 1.00. The van der Waals surface area contributed by atoms with Crippen molar-refractivity contribution >= 4 is 11.6 Å². The van der Waals surface area contributed by atoms with E-state index in [-0.39, 0.29) is 5.91 Å². The van der Waals surface area contributed by atoms with Crippen LogP contribution in [0, 0.1) is 0 Å². The lowest BCUT2D eigenvalue weighted by atomic mass is 10.1. The molecule has 1 heterocycles. The van der Waals surface area contributed by atoms with E-state index in [4.69, 9.17) is 4.74 Å². The molecule has 5 heteroatoms. The van der Waals surface area contributed by atoms with E-state index in [0.29, 0.717) is 6.61 Å². The summed E-state index contributed by atoms with van der Waals surface area (Å²) in [5.41, 5.74) is 1.99. The quantitative estimate of drug-likeness (QED) is 0.834.